The van der Waals surface area contributed by atoms with Crippen molar-refractivity contribution in [3.63, 3.8) is 0 Å². The van der Waals surface area contributed by atoms with Gasteiger partial charge in [-0.15, -0.1) is 11.3 Å². The number of nitrogens with two attached hydrogens (primary N) is 1. The van der Waals surface area contributed by atoms with Crippen LogP contribution in [0.2, 0.25) is 0 Å². The van der Waals surface area contributed by atoms with Crippen LogP contribution in [-0.4, -0.2) is 73.1 Å². The van der Waals surface area contributed by atoms with Crippen LogP contribution in [0.1, 0.15) is 96.2 Å². The van der Waals surface area contributed by atoms with Crippen molar-refractivity contribution in [1.82, 2.24) is 19.6 Å². The van der Waals surface area contributed by atoms with E-state index in [4.69, 9.17) is 25.2 Å². The van der Waals surface area contributed by atoms with Crippen LogP contribution in [-0.2, 0) is 24.4 Å². The molecule has 3 saturated carbocycles. The maximum atomic E-state index is 13.7. The highest BCUT2D eigenvalue weighted by molar-refractivity contribution is 7.90. The molecule has 0 radical (unpaired) electrons. The normalized spacial score (nSPS) is 22.2. The number of aromatic nitrogens is 2. The minimum absolute atomic E-state index is 0.0654. The average Bonchev–Trinajstić information content (AvgIpc) is 4.06. The van der Waals surface area contributed by atoms with Crippen molar-refractivity contribution >= 4 is 50.0 Å². The second-order valence-corrected chi connectivity index (χ2v) is 17.6. The highest BCUT2D eigenvalue weighted by atomic mass is 32.2. The van der Waals surface area contributed by atoms with E-state index < -0.39 is 45.0 Å². The lowest BCUT2D eigenvalue weighted by Crippen LogP contribution is -2.39. The number of hydrogen-bond acceptors (Lipinski definition) is 10. The SMILES string of the molecule is CC.COc1ccc2c(O[C@@H]3CC(C(N)=O)[C@H](C(=O)N(C)CCCC/C=C\C4CC4C(=O)NS(=O)(=O)C4CC4)C3)cc(-c3nc(C(C)C)cs3)nc2c1C. The Morgan fingerprint density at radius 3 is 2.43 bits per heavy atom. The van der Waals surface area contributed by atoms with Crippen molar-refractivity contribution in [3.05, 3.63) is 47.0 Å². The van der Waals surface area contributed by atoms with Crippen molar-refractivity contribution in [2.45, 2.75) is 103 Å². The lowest BCUT2D eigenvalue weighted by molar-refractivity contribution is -0.139. The topological polar surface area (TPSA) is 171 Å². The van der Waals surface area contributed by atoms with Gasteiger partial charge in [0.15, 0.2) is 0 Å². The van der Waals surface area contributed by atoms with E-state index in [9.17, 15) is 22.8 Å². The van der Waals surface area contributed by atoms with Crippen LogP contribution in [0.3, 0.4) is 0 Å². The summed E-state index contributed by atoms with van der Waals surface area (Å²) in [5, 5.41) is 3.22. The van der Waals surface area contributed by atoms with Gasteiger partial charge in [0.2, 0.25) is 27.7 Å². The largest absolute Gasteiger partial charge is 0.496 e. The standard InChI is InChI=1S/C38H49N5O7S2.C2H6/c1-21(2)31-20-51-37(41-31)30-19-33(26-13-14-32(49-5)22(3)34(26)40-30)50-24-17-28(35(39)44)29(18-24)38(46)43(4)15-9-7-6-8-10-23-16-27(23)36(45)42-52(47,48)25-11-12-25;1-2/h8,10,13-14,19-21,23-25,27-29H,6-7,9,11-12,15-18H2,1-5H3,(H2,39,44)(H,42,45);1-2H3/b10-8-;/t23?,24-,27?,28?,29-;/m1./s1. The zero-order valence-electron chi connectivity index (χ0n) is 32.5. The van der Waals surface area contributed by atoms with Gasteiger partial charge in [0.1, 0.15) is 28.3 Å². The number of pyridine rings is 1. The molecule has 3 unspecified atom stereocenters. The summed E-state index contributed by atoms with van der Waals surface area (Å²) in [7, 11) is -0.134. The number of aryl methyl sites for hydroxylation is 1. The number of methoxy groups -OCH3 is 1. The van der Waals surface area contributed by atoms with Crippen LogP contribution in [0.5, 0.6) is 11.5 Å². The predicted octanol–water partition coefficient (Wildman–Crippen LogP) is 6.51. The summed E-state index contributed by atoms with van der Waals surface area (Å²) < 4.78 is 38.5. The fourth-order valence-corrected chi connectivity index (χ4v) is 9.31. The molecule has 3 aliphatic carbocycles. The summed E-state index contributed by atoms with van der Waals surface area (Å²) in [6.07, 6.45) is 8.58. The van der Waals surface area contributed by atoms with Crippen molar-refractivity contribution < 1.29 is 32.3 Å². The molecule has 3 amide bonds. The van der Waals surface area contributed by atoms with Gasteiger partial charge in [-0.05, 0) is 82.3 Å². The van der Waals surface area contributed by atoms with Gasteiger partial charge in [0.25, 0.3) is 0 Å². The zero-order valence-corrected chi connectivity index (χ0v) is 34.1. The molecule has 1 aromatic carbocycles. The molecule has 12 nitrogen and oxygen atoms in total. The van der Waals surface area contributed by atoms with E-state index >= 15 is 0 Å². The Bertz CT molecular complexity index is 1970. The summed E-state index contributed by atoms with van der Waals surface area (Å²) in [5.74, 6) is -0.886. The van der Waals surface area contributed by atoms with Crippen LogP contribution in [0.4, 0.5) is 0 Å². The number of amides is 3. The molecule has 0 spiro atoms. The second kappa shape index (κ2) is 17.6. The summed E-state index contributed by atoms with van der Waals surface area (Å²) >= 11 is 1.53. The molecule has 3 fully saturated rings. The van der Waals surface area contributed by atoms with Gasteiger partial charge in [0, 0.05) is 41.9 Å². The fraction of sp³-hybridized carbons (Fsp3) is 0.575. The van der Waals surface area contributed by atoms with E-state index in [0.29, 0.717) is 55.8 Å². The van der Waals surface area contributed by atoms with Gasteiger partial charge in [0.05, 0.1) is 35.4 Å². The van der Waals surface area contributed by atoms with E-state index in [0.717, 1.165) is 46.4 Å². The van der Waals surface area contributed by atoms with Gasteiger partial charge in [-0.1, -0.05) is 39.8 Å². The van der Waals surface area contributed by atoms with Crippen LogP contribution in [0.15, 0.2) is 35.7 Å². The molecule has 5 atom stereocenters. The molecule has 2 heterocycles. The highest BCUT2D eigenvalue weighted by Gasteiger charge is 2.45. The number of rotatable bonds is 16. The minimum Gasteiger partial charge on any atom is -0.496 e. The molecular weight excluding hydrogens is 727 g/mol. The maximum absolute atomic E-state index is 13.7. The molecule has 14 heteroatoms. The number of fused-ring (bicyclic) bond motifs is 1. The van der Waals surface area contributed by atoms with E-state index in [2.05, 4.69) is 18.6 Å². The number of nitrogens with zero attached hydrogens (tertiary/aromatic N) is 3. The number of benzene rings is 1. The Kier molecular flexibility index (Phi) is 13.4. The number of ether oxygens (including phenoxy) is 2. The molecule has 6 rings (SSSR count). The van der Waals surface area contributed by atoms with Gasteiger partial charge >= 0.3 is 0 Å². The van der Waals surface area contributed by atoms with Crippen molar-refractivity contribution in [1.29, 1.82) is 0 Å². The second-order valence-electron chi connectivity index (χ2n) is 14.8. The van der Waals surface area contributed by atoms with Gasteiger partial charge < -0.3 is 20.1 Å². The number of carbonyl (C=O) groups excluding carboxylic acids is 3. The van der Waals surface area contributed by atoms with E-state index in [1.807, 2.05) is 56.5 Å². The summed E-state index contributed by atoms with van der Waals surface area (Å²) in [6, 6.07) is 5.70. The number of hydrogen-bond donors (Lipinski definition) is 2. The maximum Gasteiger partial charge on any atom is 0.237 e. The van der Waals surface area contributed by atoms with Gasteiger partial charge in [-0.2, -0.15) is 0 Å². The van der Waals surface area contributed by atoms with Crippen LogP contribution >= 0.6 is 11.3 Å². The Labute approximate surface area is 323 Å². The molecule has 3 aliphatic rings. The molecule has 3 N–H and O–H groups in total. The first-order valence-corrected chi connectivity index (χ1v) is 21.6. The van der Waals surface area contributed by atoms with E-state index in [1.54, 1.807) is 19.1 Å². The number of thiazole rings is 1. The first-order chi connectivity index (χ1) is 25.8. The number of carbonyl (C=O) groups is 3. The van der Waals surface area contributed by atoms with Crippen LogP contribution in [0.25, 0.3) is 21.6 Å². The summed E-state index contributed by atoms with van der Waals surface area (Å²) in [4.78, 5) is 50.1. The molecule has 294 valence electrons. The lowest BCUT2D eigenvalue weighted by Gasteiger charge is -2.23. The van der Waals surface area contributed by atoms with Gasteiger partial charge in [-0.3, -0.25) is 19.1 Å². The molecule has 0 saturated heterocycles. The average molecular weight is 782 g/mol. The lowest BCUT2D eigenvalue weighted by atomic mass is 9.94. The van der Waals surface area contributed by atoms with E-state index in [1.165, 1.54) is 11.3 Å². The summed E-state index contributed by atoms with van der Waals surface area (Å²) in [5.41, 5.74) is 9.14. The Morgan fingerprint density at radius 1 is 1.06 bits per heavy atom. The third-order valence-electron chi connectivity index (χ3n) is 10.5. The van der Waals surface area contributed by atoms with Crippen molar-refractivity contribution in [3.8, 4) is 22.2 Å². The molecule has 0 bridgehead atoms. The number of allylic oxidation sites excluding steroid dienone is 2. The zero-order chi connectivity index (χ0) is 39.3. The van der Waals surface area contributed by atoms with Crippen LogP contribution < -0.4 is 19.9 Å². The van der Waals surface area contributed by atoms with Crippen molar-refractivity contribution in [2.24, 2.45) is 29.4 Å². The Morgan fingerprint density at radius 2 is 1.78 bits per heavy atom. The highest BCUT2D eigenvalue weighted by Crippen LogP contribution is 2.42. The Hall–Kier alpha value is -4.04. The number of nitrogens with one attached hydrogen (secondary N) is 1. The Balaban J connectivity index is 0.00000276. The minimum atomic E-state index is -3.52. The number of sulfonamides is 1. The first-order valence-electron chi connectivity index (χ1n) is 19.1. The number of primary amides is 1. The fourth-order valence-electron chi connectivity index (χ4n) is 7.01. The number of unbranched alkanes of at least 4 members (excludes halogenated alkanes) is 2. The molecular formula is C40H55N5O7S2. The first kappa shape index (κ1) is 41.1. The van der Waals surface area contributed by atoms with Gasteiger partial charge in [-0.25, -0.2) is 18.4 Å². The van der Waals surface area contributed by atoms with Crippen molar-refractivity contribution in [2.75, 3.05) is 20.7 Å². The quantitative estimate of drug-likeness (QED) is 0.121. The smallest absolute Gasteiger partial charge is 0.237 e. The molecule has 54 heavy (non-hydrogen) atoms. The van der Waals surface area contributed by atoms with E-state index in [-0.39, 0.29) is 23.7 Å². The molecule has 0 aliphatic heterocycles. The third kappa shape index (κ3) is 9.60. The van der Waals surface area contributed by atoms with Crippen LogP contribution in [0, 0.1) is 30.6 Å². The predicted molar refractivity (Wildman–Crippen MR) is 212 cm³/mol. The molecule has 3 aromatic rings. The summed E-state index contributed by atoms with van der Waals surface area (Å²) in [6.45, 7) is 10.7. The monoisotopic (exact) mass is 781 g/mol. The molecule has 2 aromatic heterocycles. The third-order valence-corrected chi connectivity index (χ3v) is 13.2.